The standard InChI is InChI=1S/C16H18ClNO/c1-11-5-3-4-6-15(11)12(2)18-10-13-9-14(17)7-8-16(13)19/h3-9,12,18-19H,10H2,1-2H3/t12-/m1/s1. The fourth-order valence-electron chi connectivity index (χ4n) is 2.14. The Labute approximate surface area is 119 Å². The van der Waals surface area contributed by atoms with Crippen LogP contribution in [0.3, 0.4) is 0 Å². The molecule has 0 fully saturated rings. The number of aromatic hydroxyl groups is 1. The van der Waals surface area contributed by atoms with Crippen molar-refractivity contribution in [3.8, 4) is 5.75 Å². The molecular weight excluding hydrogens is 258 g/mol. The van der Waals surface area contributed by atoms with Gasteiger partial charge in [0.2, 0.25) is 0 Å². The van der Waals surface area contributed by atoms with Gasteiger partial charge in [-0.25, -0.2) is 0 Å². The smallest absolute Gasteiger partial charge is 0.120 e. The second kappa shape index (κ2) is 6.09. The second-order valence-corrected chi connectivity index (χ2v) is 5.17. The molecule has 0 bridgehead atoms. The SMILES string of the molecule is Cc1ccccc1[C@@H](C)NCc1cc(Cl)ccc1O. The molecule has 2 nitrogen and oxygen atoms in total. The van der Waals surface area contributed by atoms with Crippen LogP contribution >= 0.6 is 11.6 Å². The lowest BCUT2D eigenvalue weighted by molar-refractivity contribution is 0.460. The molecule has 0 spiro atoms. The Balaban J connectivity index is 2.06. The highest BCUT2D eigenvalue weighted by molar-refractivity contribution is 6.30. The highest BCUT2D eigenvalue weighted by atomic mass is 35.5. The van der Waals surface area contributed by atoms with Gasteiger partial charge in [0.1, 0.15) is 5.75 Å². The predicted molar refractivity (Wildman–Crippen MR) is 79.6 cm³/mol. The highest BCUT2D eigenvalue weighted by Crippen LogP contribution is 2.23. The van der Waals surface area contributed by atoms with Gasteiger partial charge in [-0.15, -0.1) is 0 Å². The van der Waals surface area contributed by atoms with E-state index < -0.39 is 0 Å². The summed E-state index contributed by atoms with van der Waals surface area (Å²) in [5.41, 5.74) is 3.34. The van der Waals surface area contributed by atoms with E-state index in [-0.39, 0.29) is 11.8 Å². The molecule has 0 aliphatic carbocycles. The van der Waals surface area contributed by atoms with Crippen LogP contribution in [0.15, 0.2) is 42.5 Å². The molecule has 0 unspecified atom stereocenters. The van der Waals surface area contributed by atoms with Crippen molar-refractivity contribution in [2.75, 3.05) is 0 Å². The van der Waals surface area contributed by atoms with Crippen molar-refractivity contribution in [3.05, 3.63) is 64.2 Å². The molecule has 100 valence electrons. The van der Waals surface area contributed by atoms with Crippen molar-refractivity contribution < 1.29 is 5.11 Å². The summed E-state index contributed by atoms with van der Waals surface area (Å²) in [6.07, 6.45) is 0. The summed E-state index contributed by atoms with van der Waals surface area (Å²) in [6.45, 7) is 4.80. The van der Waals surface area contributed by atoms with Gasteiger partial charge < -0.3 is 10.4 Å². The van der Waals surface area contributed by atoms with E-state index in [2.05, 4.69) is 31.3 Å². The van der Waals surface area contributed by atoms with Crippen LogP contribution in [-0.2, 0) is 6.54 Å². The molecule has 0 saturated heterocycles. The number of hydrogen-bond donors (Lipinski definition) is 2. The largest absolute Gasteiger partial charge is 0.508 e. The van der Waals surface area contributed by atoms with Gasteiger partial charge >= 0.3 is 0 Å². The normalized spacial score (nSPS) is 12.4. The van der Waals surface area contributed by atoms with E-state index in [9.17, 15) is 5.11 Å². The van der Waals surface area contributed by atoms with Crippen LogP contribution < -0.4 is 5.32 Å². The molecular formula is C16H18ClNO. The fraction of sp³-hybridized carbons (Fsp3) is 0.250. The van der Waals surface area contributed by atoms with Crippen LogP contribution in [0.1, 0.15) is 29.7 Å². The van der Waals surface area contributed by atoms with Crippen molar-refractivity contribution >= 4 is 11.6 Å². The summed E-state index contributed by atoms with van der Waals surface area (Å²) in [7, 11) is 0. The number of benzene rings is 2. The molecule has 2 N–H and O–H groups in total. The first kappa shape index (κ1) is 13.9. The number of nitrogens with one attached hydrogen (secondary N) is 1. The molecule has 3 heteroatoms. The summed E-state index contributed by atoms with van der Waals surface area (Å²) >= 11 is 5.94. The zero-order chi connectivity index (χ0) is 13.8. The zero-order valence-corrected chi connectivity index (χ0v) is 11.9. The van der Waals surface area contributed by atoms with E-state index in [4.69, 9.17) is 11.6 Å². The third kappa shape index (κ3) is 3.49. The third-order valence-corrected chi connectivity index (χ3v) is 3.53. The van der Waals surface area contributed by atoms with Crippen LogP contribution in [0.25, 0.3) is 0 Å². The molecule has 19 heavy (non-hydrogen) atoms. The third-order valence-electron chi connectivity index (χ3n) is 3.30. The highest BCUT2D eigenvalue weighted by Gasteiger charge is 2.09. The first-order valence-electron chi connectivity index (χ1n) is 6.34. The van der Waals surface area contributed by atoms with Crippen molar-refractivity contribution in [2.24, 2.45) is 0 Å². The Bertz CT molecular complexity index is 568. The molecule has 1 atom stereocenters. The van der Waals surface area contributed by atoms with E-state index in [1.807, 2.05) is 12.1 Å². The molecule has 0 aromatic heterocycles. The van der Waals surface area contributed by atoms with Gasteiger partial charge in [0, 0.05) is 23.2 Å². The number of rotatable bonds is 4. The number of aryl methyl sites for hydroxylation is 1. The number of hydrogen-bond acceptors (Lipinski definition) is 2. The molecule has 0 amide bonds. The Morgan fingerprint density at radius 1 is 1.21 bits per heavy atom. The monoisotopic (exact) mass is 275 g/mol. The van der Waals surface area contributed by atoms with Crippen molar-refractivity contribution in [1.29, 1.82) is 0 Å². The Kier molecular flexibility index (Phi) is 4.46. The van der Waals surface area contributed by atoms with Gasteiger partial charge in [-0.3, -0.25) is 0 Å². The van der Waals surface area contributed by atoms with Crippen LogP contribution in [0.2, 0.25) is 5.02 Å². The maximum Gasteiger partial charge on any atom is 0.120 e. The molecule has 0 aliphatic rings. The number of halogens is 1. The topological polar surface area (TPSA) is 32.3 Å². The van der Waals surface area contributed by atoms with E-state index in [1.165, 1.54) is 11.1 Å². The first-order valence-corrected chi connectivity index (χ1v) is 6.72. The quantitative estimate of drug-likeness (QED) is 0.876. The zero-order valence-electron chi connectivity index (χ0n) is 11.2. The molecule has 0 radical (unpaired) electrons. The van der Waals surface area contributed by atoms with Crippen molar-refractivity contribution in [2.45, 2.75) is 26.4 Å². The summed E-state index contributed by atoms with van der Waals surface area (Å²) in [4.78, 5) is 0. The molecule has 2 aromatic carbocycles. The fourth-order valence-corrected chi connectivity index (χ4v) is 2.34. The summed E-state index contributed by atoms with van der Waals surface area (Å²) in [5.74, 6) is 0.272. The summed E-state index contributed by atoms with van der Waals surface area (Å²) < 4.78 is 0. The lowest BCUT2D eigenvalue weighted by Gasteiger charge is -2.17. The Hall–Kier alpha value is -1.51. The minimum Gasteiger partial charge on any atom is -0.508 e. The van der Waals surface area contributed by atoms with Gasteiger partial charge in [0.05, 0.1) is 0 Å². The van der Waals surface area contributed by atoms with Crippen molar-refractivity contribution in [3.63, 3.8) is 0 Å². The van der Waals surface area contributed by atoms with Gasteiger partial charge in [0.25, 0.3) is 0 Å². The first-order chi connectivity index (χ1) is 9.08. The van der Waals surface area contributed by atoms with E-state index in [1.54, 1.807) is 18.2 Å². The van der Waals surface area contributed by atoms with E-state index >= 15 is 0 Å². The lowest BCUT2D eigenvalue weighted by atomic mass is 10.0. The van der Waals surface area contributed by atoms with Crippen LogP contribution in [0, 0.1) is 6.92 Å². The molecule has 2 rings (SSSR count). The van der Waals surface area contributed by atoms with Gasteiger partial charge in [0.15, 0.2) is 0 Å². The second-order valence-electron chi connectivity index (χ2n) is 4.73. The molecule has 0 saturated carbocycles. The minimum atomic E-state index is 0.222. The maximum atomic E-state index is 9.77. The van der Waals surface area contributed by atoms with Crippen LogP contribution in [0.4, 0.5) is 0 Å². The Morgan fingerprint density at radius 3 is 2.68 bits per heavy atom. The van der Waals surface area contributed by atoms with E-state index in [0.29, 0.717) is 11.6 Å². The maximum absolute atomic E-state index is 9.77. The van der Waals surface area contributed by atoms with E-state index in [0.717, 1.165) is 5.56 Å². The molecule has 2 aromatic rings. The minimum absolute atomic E-state index is 0.222. The average molecular weight is 276 g/mol. The number of phenols is 1. The average Bonchev–Trinajstić information content (AvgIpc) is 2.40. The van der Waals surface area contributed by atoms with Gasteiger partial charge in [-0.2, -0.15) is 0 Å². The summed E-state index contributed by atoms with van der Waals surface area (Å²) in [5, 5.41) is 13.8. The van der Waals surface area contributed by atoms with Crippen LogP contribution in [-0.4, -0.2) is 5.11 Å². The lowest BCUT2D eigenvalue weighted by Crippen LogP contribution is -2.18. The Morgan fingerprint density at radius 2 is 1.95 bits per heavy atom. The van der Waals surface area contributed by atoms with Crippen molar-refractivity contribution in [1.82, 2.24) is 5.32 Å². The van der Waals surface area contributed by atoms with Gasteiger partial charge in [-0.05, 0) is 43.2 Å². The molecule has 0 aliphatic heterocycles. The summed E-state index contributed by atoms with van der Waals surface area (Å²) in [6, 6.07) is 13.6. The number of phenolic OH excluding ortho intramolecular Hbond substituents is 1. The molecule has 0 heterocycles. The predicted octanol–water partition coefficient (Wildman–Crippen LogP) is 4.20. The van der Waals surface area contributed by atoms with Crippen LogP contribution in [0.5, 0.6) is 5.75 Å². The van der Waals surface area contributed by atoms with Gasteiger partial charge in [-0.1, -0.05) is 35.9 Å².